The second-order valence-electron chi connectivity index (χ2n) is 4.94. The van der Waals surface area contributed by atoms with Gasteiger partial charge in [0.25, 0.3) is 0 Å². The molecule has 0 amide bonds. The quantitative estimate of drug-likeness (QED) is 0.902. The Bertz CT molecular complexity index is 580. The van der Waals surface area contributed by atoms with Gasteiger partial charge in [0, 0.05) is 19.6 Å². The minimum Gasteiger partial charge on any atom is -0.298 e. The molecule has 7 heteroatoms. The highest BCUT2D eigenvalue weighted by Crippen LogP contribution is 2.21. The molecule has 1 heterocycles. The van der Waals surface area contributed by atoms with Gasteiger partial charge in [0.15, 0.2) is 0 Å². The predicted molar refractivity (Wildman–Crippen MR) is 77.7 cm³/mol. The summed E-state index contributed by atoms with van der Waals surface area (Å²) < 4.78 is 39.5. The van der Waals surface area contributed by atoms with Crippen molar-refractivity contribution in [3.8, 4) is 0 Å². The van der Waals surface area contributed by atoms with E-state index in [0.29, 0.717) is 32.6 Å². The van der Waals surface area contributed by atoms with E-state index in [-0.39, 0.29) is 10.3 Å². The maximum absolute atomic E-state index is 13.1. The molecule has 2 rings (SSSR count). The van der Waals surface area contributed by atoms with Gasteiger partial charge in [-0.25, -0.2) is 17.5 Å². The first kappa shape index (κ1) is 15.7. The number of likely N-dealkylation sites (tertiary alicyclic amines) is 1. The maximum Gasteiger partial charge on any atom is 0.215 e. The number of halogens is 2. The van der Waals surface area contributed by atoms with Gasteiger partial charge in [-0.05, 0) is 30.7 Å². The van der Waals surface area contributed by atoms with E-state index in [4.69, 9.17) is 11.6 Å². The van der Waals surface area contributed by atoms with Gasteiger partial charge in [-0.1, -0.05) is 24.6 Å². The highest BCUT2D eigenvalue weighted by molar-refractivity contribution is 7.90. The van der Waals surface area contributed by atoms with Crippen molar-refractivity contribution in [3.63, 3.8) is 0 Å². The normalized spacial score (nSPS) is 20.4. The molecule has 1 N–H and O–H groups in total. The number of benzene rings is 1. The highest BCUT2D eigenvalue weighted by Gasteiger charge is 2.32. The first-order chi connectivity index (χ1) is 9.42. The van der Waals surface area contributed by atoms with Crippen molar-refractivity contribution in [1.29, 1.82) is 0 Å². The Morgan fingerprint density at radius 3 is 2.90 bits per heavy atom. The summed E-state index contributed by atoms with van der Waals surface area (Å²) in [4.78, 5) is 2.04. The zero-order valence-electron chi connectivity index (χ0n) is 11.3. The standard InChI is InChI=1S/C13H18ClFN2O2S/c1-2-16-20(18,19)11-5-6-17(9-11)8-10-3-4-13(15)12(14)7-10/h3-4,7,11,16H,2,5-6,8-9H2,1H3/t11-/m1/s1. The Labute approximate surface area is 124 Å². The Balaban J connectivity index is 1.98. The summed E-state index contributed by atoms with van der Waals surface area (Å²) in [6.45, 7) is 3.96. The summed E-state index contributed by atoms with van der Waals surface area (Å²) in [6, 6.07) is 4.59. The van der Waals surface area contributed by atoms with E-state index >= 15 is 0 Å². The molecule has 1 aromatic carbocycles. The number of nitrogens with one attached hydrogen (secondary N) is 1. The van der Waals surface area contributed by atoms with Gasteiger partial charge in [-0.2, -0.15) is 0 Å². The molecule has 1 saturated heterocycles. The second-order valence-corrected chi connectivity index (χ2v) is 7.39. The van der Waals surface area contributed by atoms with Crippen molar-refractivity contribution in [3.05, 3.63) is 34.6 Å². The van der Waals surface area contributed by atoms with E-state index in [9.17, 15) is 12.8 Å². The fourth-order valence-electron chi connectivity index (χ4n) is 2.41. The van der Waals surface area contributed by atoms with Gasteiger partial charge in [0.2, 0.25) is 10.0 Å². The lowest BCUT2D eigenvalue weighted by molar-refractivity contribution is 0.331. The SMILES string of the molecule is CCNS(=O)(=O)[C@@H]1CCN(Cc2ccc(F)c(Cl)c2)C1. The summed E-state index contributed by atoms with van der Waals surface area (Å²) in [5.41, 5.74) is 0.887. The van der Waals surface area contributed by atoms with Crippen LogP contribution < -0.4 is 4.72 Å². The first-order valence-electron chi connectivity index (χ1n) is 6.57. The van der Waals surface area contributed by atoms with Crippen LogP contribution >= 0.6 is 11.6 Å². The van der Waals surface area contributed by atoms with Crippen molar-refractivity contribution in [2.75, 3.05) is 19.6 Å². The predicted octanol–water partition coefficient (Wildman–Crippen LogP) is 1.99. The third-order valence-corrected chi connectivity index (χ3v) is 5.65. The van der Waals surface area contributed by atoms with Crippen LogP contribution in [0.1, 0.15) is 18.9 Å². The van der Waals surface area contributed by atoms with Crippen LogP contribution in [0.15, 0.2) is 18.2 Å². The number of hydrogen-bond acceptors (Lipinski definition) is 3. The number of rotatable bonds is 5. The van der Waals surface area contributed by atoms with Gasteiger partial charge >= 0.3 is 0 Å². The molecule has 1 atom stereocenters. The van der Waals surface area contributed by atoms with Crippen molar-refractivity contribution < 1.29 is 12.8 Å². The minimum absolute atomic E-state index is 0.0959. The molecule has 1 aliphatic heterocycles. The molecule has 0 unspecified atom stereocenters. The van der Waals surface area contributed by atoms with Crippen LogP contribution in [0.3, 0.4) is 0 Å². The molecule has 0 aliphatic carbocycles. The molecule has 1 aliphatic rings. The molecule has 0 spiro atoms. The molecule has 20 heavy (non-hydrogen) atoms. The van der Waals surface area contributed by atoms with Crippen LogP contribution in [0.25, 0.3) is 0 Å². The van der Waals surface area contributed by atoms with E-state index in [1.807, 2.05) is 4.90 Å². The van der Waals surface area contributed by atoms with Gasteiger partial charge in [0.05, 0.1) is 10.3 Å². The Morgan fingerprint density at radius 1 is 1.50 bits per heavy atom. The van der Waals surface area contributed by atoms with E-state index in [2.05, 4.69) is 4.72 Å². The van der Waals surface area contributed by atoms with Crippen molar-refractivity contribution in [2.45, 2.75) is 25.1 Å². The third kappa shape index (κ3) is 3.69. The lowest BCUT2D eigenvalue weighted by atomic mass is 10.2. The fraction of sp³-hybridized carbons (Fsp3) is 0.538. The molecule has 1 fully saturated rings. The summed E-state index contributed by atoms with van der Waals surface area (Å²) >= 11 is 5.74. The minimum atomic E-state index is -3.23. The van der Waals surface area contributed by atoms with Crippen molar-refractivity contribution in [2.24, 2.45) is 0 Å². The average molecular weight is 321 g/mol. The van der Waals surface area contributed by atoms with Gasteiger partial charge in [-0.3, -0.25) is 4.90 Å². The lowest BCUT2D eigenvalue weighted by Gasteiger charge is -2.16. The van der Waals surface area contributed by atoms with Gasteiger partial charge in [0.1, 0.15) is 5.82 Å². The maximum atomic E-state index is 13.1. The summed E-state index contributed by atoms with van der Waals surface area (Å²) in [5, 5.41) is -0.281. The van der Waals surface area contributed by atoms with Crippen molar-refractivity contribution >= 4 is 21.6 Å². The van der Waals surface area contributed by atoms with E-state index in [1.54, 1.807) is 19.1 Å². The smallest absolute Gasteiger partial charge is 0.215 e. The number of nitrogens with zero attached hydrogens (tertiary/aromatic N) is 1. The van der Waals surface area contributed by atoms with Crippen LogP contribution in [-0.4, -0.2) is 38.2 Å². The Morgan fingerprint density at radius 2 is 2.25 bits per heavy atom. The molecule has 4 nitrogen and oxygen atoms in total. The molecule has 0 saturated carbocycles. The molecule has 112 valence electrons. The first-order valence-corrected chi connectivity index (χ1v) is 8.49. The number of hydrogen-bond donors (Lipinski definition) is 1. The molecule has 0 bridgehead atoms. The highest BCUT2D eigenvalue weighted by atomic mass is 35.5. The Kier molecular flexibility index (Phi) is 5.01. The zero-order chi connectivity index (χ0) is 14.8. The molecular formula is C13H18ClFN2O2S. The largest absolute Gasteiger partial charge is 0.298 e. The summed E-state index contributed by atoms with van der Waals surface area (Å²) in [6.07, 6.45) is 0.615. The number of sulfonamides is 1. The second kappa shape index (κ2) is 6.39. The summed E-state index contributed by atoms with van der Waals surface area (Å²) in [7, 11) is -3.23. The molecule has 0 radical (unpaired) electrons. The van der Waals surface area contributed by atoms with E-state index in [1.165, 1.54) is 6.07 Å². The molecular weight excluding hydrogens is 303 g/mol. The topological polar surface area (TPSA) is 49.4 Å². The van der Waals surface area contributed by atoms with E-state index in [0.717, 1.165) is 5.56 Å². The van der Waals surface area contributed by atoms with Gasteiger partial charge in [-0.15, -0.1) is 0 Å². The van der Waals surface area contributed by atoms with Gasteiger partial charge < -0.3 is 0 Å². The van der Waals surface area contributed by atoms with Crippen LogP contribution in [0.5, 0.6) is 0 Å². The van der Waals surface area contributed by atoms with Crippen molar-refractivity contribution in [1.82, 2.24) is 9.62 Å². The van der Waals surface area contributed by atoms with Crippen LogP contribution in [0.2, 0.25) is 5.02 Å². The lowest BCUT2D eigenvalue weighted by Crippen LogP contribution is -2.36. The van der Waals surface area contributed by atoms with Crippen LogP contribution in [0, 0.1) is 5.82 Å². The fourth-order valence-corrected chi connectivity index (χ4v) is 4.07. The summed E-state index contributed by atoms with van der Waals surface area (Å²) in [5.74, 6) is -0.440. The third-order valence-electron chi connectivity index (χ3n) is 3.40. The Hall–Kier alpha value is -0.690. The van der Waals surface area contributed by atoms with Crippen LogP contribution in [-0.2, 0) is 16.6 Å². The molecule has 1 aromatic rings. The molecule has 0 aromatic heterocycles. The average Bonchev–Trinajstić information content (AvgIpc) is 2.83. The zero-order valence-corrected chi connectivity index (χ0v) is 12.8. The van der Waals surface area contributed by atoms with Crippen LogP contribution in [0.4, 0.5) is 4.39 Å². The van der Waals surface area contributed by atoms with E-state index < -0.39 is 15.8 Å². The monoisotopic (exact) mass is 320 g/mol.